The van der Waals surface area contributed by atoms with Gasteiger partial charge in [0.1, 0.15) is 5.75 Å². The molecule has 8 heteroatoms. The van der Waals surface area contributed by atoms with Gasteiger partial charge in [0.25, 0.3) is 5.91 Å². The summed E-state index contributed by atoms with van der Waals surface area (Å²) in [4.78, 5) is 35.4. The zero-order chi connectivity index (χ0) is 17.7. The van der Waals surface area contributed by atoms with Gasteiger partial charge in [0, 0.05) is 5.02 Å². The van der Waals surface area contributed by atoms with E-state index in [2.05, 4.69) is 10.6 Å². The van der Waals surface area contributed by atoms with Crippen molar-refractivity contribution in [1.29, 1.82) is 0 Å². The molecule has 0 fully saturated rings. The molecule has 24 heavy (non-hydrogen) atoms. The lowest BCUT2D eigenvalue weighted by atomic mass is 10.1. The van der Waals surface area contributed by atoms with E-state index in [0.717, 1.165) is 0 Å². The van der Waals surface area contributed by atoms with Crippen molar-refractivity contribution >= 4 is 40.7 Å². The standard InChI is InChI=1S/C16H14ClN3O4/c1-24-13-7-6-9(17)8-12(13)20-16(23)15(22)19-11-5-3-2-4-10(11)14(18)21/h2-8H,1H3,(H2,18,21)(H,19,22)(H,20,23). The third kappa shape index (κ3) is 4.02. The molecule has 0 aliphatic heterocycles. The Kier molecular flexibility index (Phi) is 5.39. The topological polar surface area (TPSA) is 111 Å². The fourth-order valence-electron chi connectivity index (χ4n) is 1.94. The van der Waals surface area contributed by atoms with Crippen LogP contribution in [0.15, 0.2) is 42.5 Å². The Balaban J connectivity index is 2.15. The lowest BCUT2D eigenvalue weighted by Crippen LogP contribution is -2.30. The second-order valence-electron chi connectivity index (χ2n) is 4.66. The molecule has 0 spiro atoms. The summed E-state index contributed by atoms with van der Waals surface area (Å²) < 4.78 is 5.08. The van der Waals surface area contributed by atoms with Crippen LogP contribution in [0.4, 0.5) is 11.4 Å². The van der Waals surface area contributed by atoms with Crippen LogP contribution in [0.5, 0.6) is 5.75 Å². The van der Waals surface area contributed by atoms with Gasteiger partial charge in [-0.2, -0.15) is 0 Å². The SMILES string of the molecule is COc1ccc(Cl)cc1NC(=O)C(=O)Nc1ccccc1C(N)=O. The number of halogens is 1. The lowest BCUT2D eigenvalue weighted by Gasteiger charge is -2.11. The number of benzene rings is 2. The number of amides is 3. The second-order valence-corrected chi connectivity index (χ2v) is 5.10. The molecule has 0 atom stereocenters. The van der Waals surface area contributed by atoms with Crippen molar-refractivity contribution in [2.45, 2.75) is 0 Å². The number of nitrogens with two attached hydrogens (primary N) is 1. The van der Waals surface area contributed by atoms with Crippen molar-refractivity contribution in [3.8, 4) is 5.75 Å². The minimum absolute atomic E-state index is 0.0963. The average molecular weight is 348 g/mol. The minimum atomic E-state index is -0.967. The summed E-state index contributed by atoms with van der Waals surface area (Å²) in [6.45, 7) is 0. The summed E-state index contributed by atoms with van der Waals surface area (Å²) in [7, 11) is 1.42. The van der Waals surface area contributed by atoms with E-state index in [1.807, 2.05) is 0 Å². The zero-order valence-electron chi connectivity index (χ0n) is 12.6. The van der Waals surface area contributed by atoms with Crippen molar-refractivity contribution in [2.24, 2.45) is 5.73 Å². The Bertz CT molecular complexity index is 808. The Morgan fingerprint density at radius 2 is 1.62 bits per heavy atom. The Labute approximate surface area is 142 Å². The number of primary amides is 1. The second kappa shape index (κ2) is 7.47. The van der Waals surface area contributed by atoms with Crippen LogP contribution in [0, 0.1) is 0 Å². The van der Waals surface area contributed by atoms with Crippen molar-refractivity contribution in [2.75, 3.05) is 17.7 Å². The fraction of sp³-hybridized carbons (Fsp3) is 0.0625. The number of hydrogen-bond donors (Lipinski definition) is 3. The van der Waals surface area contributed by atoms with Gasteiger partial charge in [0.05, 0.1) is 24.0 Å². The van der Waals surface area contributed by atoms with E-state index in [9.17, 15) is 14.4 Å². The predicted molar refractivity (Wildman–Crippen MR) is 90.2 cm³/mol. The molecule has 2 aromatic rings. The Morgan fingerprint density at radius 3 is 2.25 bits per heavy atom. The average Bonchev–Trinajstić information content (AvgIpc) is 2.55. The third-order valence-electron chi connectivity index (χ3n) is 3.06. The summed E-state index contributed by atoms with van der Waals surface area (Å²) in [6, 6.07) is 10.7. The van der Waals surface area contributed by atoms with Gasteiger partial charge in [-0.25, -0.2) is 0 Å². The van der Waals surface area contributed by atoms with Crippen LogP contribution in [-0.2, 0) is 9.59 Å². The highest BCUT2D eigenvalue weighted by Crippen LogP contribution is 2.27. The molecule has 2 rings (SSSR count). The fourth-order valence-corrected chi connectivity index (χ4v) is 2.12. The smallest absolute Gasteiger partial charge is 0.314 e. The maximum absolute atomic E-state index is 12.0. The molecule has 3 amide bonds. The van der Waals surface area contributed by atoms with Gasteiger partial charge in [-0.05, 0) is 30.3 Å². The number of carbonyl (C=O) groups is 3. The van der Waals surface area contributed by atoms with Crippen molar-refractivity contribution in [3.63, 3.8) is 0 Å². The van der Waals surface area contributed by atoms with Crippen LogP contribution >= 0.6 is 11.6 Å². The lowest BCUT2D eigenvalue weighted by molar-refractivity contribution is -0.133. The van der Waals surface area contributed by atoms with Crippen molar-refractivity contribution in [3.05, 3.63) is 53.1 Å². The highest BCUT2D eigenvalue weighted by atomic mass is 35.5. The number of methoxy groups -OCH3 is 1. The molecule has 0 heterocycles. The number of nitrogens with one attached hydrogen (secondary N) is 2. The number of carbonyl (C=O) groups excluding carboxylic acids is 3. The molecule has 2 aromatic carbocycles. The van der Waals surface area contributed by atoms with E-state index in [1.165, 1.54) is 25.3 Å². The van der Waals surface area contributed by atoms with Gasteiger partial charge in [0.2, 0.25) is 0 Å². The highest BCUT2D eigenvalue weighted by molar-refractivity contribution is 6.44. The summed E-state index contributed by atoms with van der Waals surface area (Å²) >= 11 is 5.86. The molecule has 7 nitrogen and oxygen atoms in total. The van der Waals surface area contributed by atoms with Crippen LogP contribution in [0.2, 0.25) is 5.02 Å². The number of hydrogen-bond acceptors (Lipinski definition) is 4. The van der Waals surface area contributed by atoms with Crippen LogP contribution in [-0.4, -0.2) is 24.8 Å². The molecule has 0 aromatic heterocycles. The normalized spacial score (nSPS) is 9.92. The van der Waals surface area contributed by atoms with Gasteiger partial charge in [-0.15, -0.1) is 0 Å². The number of rotatable bonds is 4. The summed E-state index contributed by atoms with van der Waals surface area (Å²) in [5, 5.41) is 5.10. The molecule has 0 radical (unpaired) electrons. The molecule has 0 bridgehead atoms. The number of para-hydroxylation sites is 1. The van der Waals surface area contributed by atoms with E-state index < -0.39 is 17.7 Å². The number of ether oxygens (including phenoxy) is 1. The van der Waals surface area contributed by atoms with Crippen molar-refractivity contribution in [1.82, 2.24) is 0 Å². The van der Waals surface area contributed by atoms with Crippen LogP contribution in [0.25, 0.3) is 0 Å². The first-order valence-corrected chi connectivity index (χ1v) is 7.15. The van der Waals surface area contributed by atoms with E-state index in [-0.39, 0.29) is 16.9 Å². The van der Waals surface area contributed by atoms with Gasteiger partial charge in [-0.3, -0.25) is 14.4 Å². The summed E-state index contributed by atoms with van der Waals surface area (Å²) in [5.74, 6) is -2.29. The molecule has 0 unspecified atom stereocenters. The summed E-state index contributed by atoms with van der Waals surface area (Å²) in [6.07, 6.45) is 0. The van der Waals surface area contributed by atoms with Gasteiger partial charge in [0.15, 0.2) is 0 Å². The maximum atomic E-state index is 12.0. The van der Waals surface area contributed by atoms with Gasteiger partial charge < -0.3 is 21.1 Å². The molecule has 0 saturated carbocycles. The summed E-state index contributed by atoms with van der Waals surface area (Å²) in [5.41, 5.74) is 5.70. The zero-order valence-corrected chi connectivity index (χ0v) is 13.4. The molecule has 124 valence electrons. The van der Waals surface area contributed by atoms with E-state index in [0.29, 0.717) is 10.8 Å². The van der Waals surface area contributed by atoms with Crippen LogP contribution in [0.3, 0.4) is 0 Å². The molecule has 0 aliphatic carbocycles. The molecule has 0 aliphatic rings. The van der Waals surface area contributed by atoms with Crippen molar-refractivity contribution < 1.29 is 19.1 Å². The molecule has 4 N–H and O–H groups in total. The molecular formula is C16H14ClN3O4. The first kappa shape index (κ1) is 17.3. The largest absolute Gasteiger partial charge is 0.495 e. The minimum Gasteiger partial charge on any atom is -0.495 e. The first-order chi connectivity index (χ1) is 11.4. The highest BCUT2D eigenvalue weighted by Gasteiger charge is 2.18. The predicted octanol–water partition coefficient (Wildman–Crippen LogP) is 2.02. The Morgan fingerprint density at radius 1 is 1.00 bits per heavy atom. The van der Waals surface area contributed by atoms with E-state index >= 15 is 0 Å². The van der Waals surface area contributed by atoms with Crippen LogP contribution in [0.1, 0.15) is 10.4 Å². The maximum Gasteiger partial charge on any atom is 0.314 e. The van der Waals surface area contributed by atoms with Gasteiger partial charge >= 0.3 is 11.8 Å². The van der Waals surface area contributed by atoms with E-state index in [4.69, 9.17) is 22.1 Å². The van der Waals surface area contributed by atoms with Crippen LogP contribution < -0.4 is 21.1 Å². The molecule has 0 saturated heterocycles. The van der Waals surface area contributed by atoms with E-state index in [1.54, 1.807) is 24.3 Å². The first-order valence-electron chi connectivity index (χ1n) is 6.77. The quantitative estimate of drug-likeness (QED) is 0.735. The number of anilines is 2. The molecular weight excluding hydrogens is 334 g/mol. The monoisotopic (exact) mass is 347 g/mol. The van der Waals surface area contributed by atoms with Gasteiger partial charge in [-0.1, -0.05) is 23.7 Å². The third-order valence-corrected chi connectivity index (χ3v) is 3.29. The Hall–Kier alpha value is -3.06.